The lowest BCUT2D eigenvalue weighted by atomic mass is 9.84. The number of hydrogen-bond donors (Lipinski definition) is 0. The summed E-state index contributed by atoms with van der Waals surface area (Å²) in [4.78, 5) is 23.4. The first kappa shape index (κ1) is 24.4. The molecule has 2 aromatic heterocycles. The minimum absolute atomic E-state index is 0.153. The summed E-state index contributed by atoms with van der Waals surface area (Å²) in [7, 11) is 2.78. The molecule has 0 amide bonds. The van der Waals surface area contributed by atoms with Crippen molar-refractivity contribution in [2.24, 2.45) is 0 Å². The average molecular weight is 495 g/mol. The number of nitrogens with zero attached hydrogens (tertiary/aromatic N) is 2. The molecule has 0 saturated carbocycles. The SMILES string of the molecule is COC(=O)c1ccc(C[n+]2ccc3c(c2)C(C)(C)c2c[n+](Cc4ccc(C(=O)OC)cc4)ccc2-3)cc1. The third-order valence-electron chi connectivity index (χ3n) is 7.15. The van der Waals surface area contributed by atoms with Crippen LogP contribution in [0, 0.1) is 0 Å². The lowest BCUT2D eigenvalue weighted by Crippen LogP contribution is -2.36. The second kappa shape index (κ2) is 9.62. The van der Waals surface area contributed by atoms with Crippen molar-refractivity contribution < 1.29 is 28.2 Å². The number of rotatable bonds is 6. The van der Waals surface area contributed by atoms with E-state index in [0.29, 0.717) is 24.2 Å². The first-order chi connectivity index (χ1) is 17.8. The Labute approximate surface area is 216 Å². The van der Waals surface area contributed by atoms with Crippen molar-refractivity contribution in [3.8, 4) is 11.1 Å². The summed E-state index contributed by atoms with van der Waals surface area (Å²) in [6, 6.07) is 19.5. The third-order valence-corrected chi connectivity index (χ3v) is 7.15. The highest BCUT2D eigenvalue weighted by molar-refractivity contribution is 5.89. The van der Waals surface area contributed by atoms with Crippen molar-refractivity contribution in [1.82, 2.24) is 0 Å². The Morgan fingerprint density at radius 2 is 1.03 bits per heavy atom. The predicted octanol–water partition coefficient (Wildman–Crippen LogP) is 4.24. The number of benzene rings is 2. The zero-order valence-corrected chi connectivity index (χ0v) is 21.5. The monoisotopic (exact) mass is 494 g/mol. The molecule has 1 aliphatic carbocycles. The summed E-state index contributed by atoms with van der Waals surface area (Å²) in [6.07, 6.45) is 8.70. The van der Waals surface area contributed by atoms with E-state index in [0.717, 1.165) is 11.1 Å². The highest BCUT2D eigenvalue weighted by Crippen LogP contribution is 2.47. The maximum atomic E-state index is 11.7. The number of carbonyl (C=O) groups excluding carboxylic acids is 2. The number of esters is 2. The van der Waals surface area contributed by atoms with Crippen molar-refractivity contribution in [2.75, 3.05) is 14.2 Å². The quantitative estimate of drug-likeness (QED) is 0.297. The van der Waals surface area contributed by atoms with Gasteiger partial charge in [-0.3, -0.25) is 0 Å². The van der Waals surface area contributed by atoms with Crippen LogP contribution >= 0.6 is 0 Å². The smallest absolute Gasteiger partial charge is 0.337 e. The van der Waals surface area contributed by atoms with Gasteiger partial charge in [0, 0.05) is 39.8 Å². The molecule has 0 saturated heterocycles. The number of fused-ring (bicyclic) bond motifs is 3. The molecule has 0 bridgehead atoms. The number of aromatic nitrogens is 2. The number of carbonyl (C=O) groups is 2. The number of pyridine rings is 2. The molecule has 4 aromatic rings. The summed E-state index contributed by atoms with van der Waals surface area (Å²) < 4.78 is 14.0. The van der Waals surface area contributed by atoms with Crippen LogP contribution in [0.5, 0.6) is 0 Å². The van der Waals surface area contributed by atoms with Crippen LogP contribution in [0.25, 0.3) is 11.1 Å². The average Bonchev–Trinajstić information content (AvgIpc) is 3.14. The van der Waals surface area contributed by atoms with E-state index in [1.165, 1.54) is 36.5 Å². The minimum atomic E-state index is -0.327. The van der Waals surface area contributed by atoms with E-state index < -0.39 is 0 Å². The molecule has 37 heavy (non-hydrogen) atoms. The third kappa shape index (κ3) is 4.62. The largest absolute Gasteiger partial charge is 0.465 e. The highest BCUT2D eigenvalue weighted by atomic mass is 16.5. The Balaban J connectivity index is 1.37. The molecule has 0 aliphatic heterocycles. The van der Waals surface area contributed by atoms with Crippen LogP contribution in [0.3, 0.4) is 0 Å². The van der Waals surface area contributed by atoms with Crippen LogP contribution in [-0.4, -0.2) is 26.2 Å². The van der Waals surface area contributed by atoms with Gasteiger partial charge in [0.25, 0.3) is 0 Å². The molecule has 0 spiro atoms. The van der Waals surface area contributed by atoms with Crippen LogP contribution in [0.4, 0.5) is 0 Å². The molecule has 186 valence electrons. The maximum absolute atomic E-state index is 11.7. The van der Waals surface area contributed by atoms with E-state index in [2.05, 4.69) is 59.9 Å². The summed E-state index contributed by atoms with van der Waals surface area (Å²) in [5, 5.41) is 0. The lowest BCUT2D eigenvalue weighted by molar-refractivity contribution is -0.689. The first-order valence-corrected chi connectivity index (χ1v) is 12.2. The van der Waals surface area contributed by atoms with Crippen molar-refractivity contribution in [1.29, 1.82) is 0 Å². The molecule has 5 rings (SSSR count). The fourth-order valence-electron chi connectivity index (χ4n) is 5.03. The van der Waals surface area contributed by atoms with Crippen molar-refractivity contribution >= 4 is 11.9 Å². The van der Waals surface area contributed by atoms with Crippen LogP contribution in [0.1, 0.15) is 56.8 Å². The fraction of sp³-hybridized carbons (Fsp3) is 0.226. The van der Waals surface area contributed by atoms with E-state index in [9.17, 15) is 9.59 Å². The van der Waals surface area contributed by atoms with E-state index >= 15 is 0 Å². The van der Waals surface area contributed by atoms with E-state index in [4.69, 9.17) is 9.47 Å². The van der Waals surface area contributed by atoms with Crippen LogP contribution < -0.4 is 9.13 Å². The Hall–Kier alpha value is -4.32. The fourth-order valence-corrected chi connectivity index (χ4v) is 5.03. The molecule has 0 N–H and O–H groups in total. The van der Waals surface area contributed by atoms with Gasteiger partial charge in [0.15, 0.2) is 37.9 Å². The second-order valence-electron chi connectivity index (χ2n) is 9.89. The number of hydrogen-bond acceptors (Lipinski definition) is 4. The molecule has 2 aromatic carbocycles. The topological polar surface area (TPSA) is 60.4 Å². The molecular weight excluding hydrogens is 464 g/mol. The van der Waals surface area contributed by atoms with Gasteiger partial charge in [0.2, 0.25) is 0 Å². The van der Waals surface area contributed by atoms with E-state index in [-0.39, 0.29) is 17.4 Å². The van der Waals surface area contributed by atoms with Gasteiger partial charge >= 0.3 is 11.9 Å². The van der Waals surface area contributed by atoms with Gasteiger partial charge in [-0.15, -0.1) is 0 Å². The molecular formula is C31H30N2O4+2. The number of methoxy groups -OCH3 is 2. The van der Waals surface area contributed by atoms with Gasteiger partial charge in [0.05, 0.1) is 25.3 Å². The van der Waals surface area contributed by atoms with Crippen molar-refractivity contribution in [2.45, 2.75) is 32.4 Å². The molecule has 0 radical (unpaired) electrons. The normalized spacial score (nSPS) is 13.0. The predicted molar refractivity (Wildman–Crippen MR) is 138 cm³/mol. The second-order valence-corrected chi connectivity index (χ2v) is 9.89. The molecule has 0 atom stereocenters. The van der Waals surface area contributed by atoms with Crippen LogP contribution in [-0.2, 0) is 28.0 Å². The molecule has 6 heteroatoms. The molecule has 1 aliphatic rings. The van der Waals surface area contributed by atoms with Crippen molar-refractivity contribution in [3.63, 3.8) is 0 Å². The molecule has 0 fully saturated rings. The van der Waals surface area contributed by atoms with Gasteiger partial charge < -0.3 is 9.47 Å². The summed E-state index contributed by atoms with van der Waals surface area (Å²) in [5.74, 6) is -0.654. The Morgan fingerprint density at radius 1 is 0.649 bits per heavy atom. The Morgan fingerprint density at radius 3 is 1.38 bits per heavy atom. The standard InChI is InChI=1S/C31H30N2O4/c1-31(2)27-19-32(17-21-5-9-23(10-6-21)29(34)36-3)15-13-25(27)26-14-16-33(20-28(26)31)18-22-7-11-24(12-8-22)30(35)37-4/h5-16,19-20H,17-18H2,1-4H3/q+2. The van der Waals surface area contributed by atoms with Crippen LogP contribution in [0.2, 0.25) is 0 Å². The van der Waals surface area contributed by atoms with Gasteiger partial charge in [0.1, 0.15) is 0 Å². The number of ether oxygens (including phenoxy) is 2. The van der Waals surface area contributed by atoms with Gasteiger partial charge in [-0.25, -0.2) is 18.7 Å². The highest BCUT2D eigenvalue weighted by Gasteiger charge is 2.39. The van der Waals surface area contributed by atoms with Crippen LogP contribution in [0.15, 0.2) is 85.5 Å². The molecule has 2 heterocycles. The summed E-state index contributed by atoms with van der Waals surface area (Å²) in [5.41, 5.74) is 8.26. The lowest BCUT2D eigenvalue weighted by Gasteiger charge is -2.18. The van der Waals surface area contributed by atoms with E-state index in [1.54, 1.807) is 24.3 Å². The Kier molecular flexibility index (Phi) is 6.34. The van der Waals surface area contributed by atoms with E-state index in [1.807, 2.05) is 24.3 Å². The minimum Gasteiger partial charge on any atom is -0.465 e. The van der Waals surface area contributed by atoms with Gasteiger partial charge in [-0.05, 0) is 35.4 Å². The maximum Gasteiger partial charge on any atom is 0.337 e. The first-order valence-electron chi connectivity index (χ1n) is 12.2. The zero-order chi connectivity index (χ0) is 26.2. The zero-order valence-electron chi connectivity index (χ0n) is 21.5. The van der Waals surface area contributed by atoms with Crippen molar-refractivity contribution in [3.05, 3.63) is 119 Å². The molecule has 0 unspecified atom stereocenters. The Bertz CT molecular complexity index is 1380. The summed E-state index contributed by atoms with van der Waals surface area (Å²) >= 11 is 0. The molecule has 6 nitrogen and oxygen atoms in total. The van der Waals surface area contributed by atoms with Gasteiger partial charge in [-0.1, -0.05) is 38.1 Å². The summed E-state index contributed by atoms with van der Waals surface area (Å²) in [6.45, 7) is 5.96. The van der Waals surface area contributed by atoms with Gasteiger partial charge in [-0.2, -0.15) is 0 Å².